The summed E-state index contributed by atoms with van der Waals surface area (Å²) in [5.41, 5.74) is -2.23. The largest absolute Gasteiger partial charge is 0.481 e. The van der Waals surface area contributed by atoms with Crippen molar-refractivity contribution in [1.29, 1.82) is 0 Å². The number of aliphatic carboxylic acids is 1. The average Bonchev–Trinajstić information content (AvgIpc) is 3.28. The van der Waals surface area contributed by atoms with Crippen molar-refractivity contribution in [3.8, 4) is 0 Å². The maximum absolute atomic E-state index is 14.8. The highest BCUT2D eigenvalue weighted by atomic mass is 19.4. The molecule has 4 nitrogen and oxygen atoms in total. The van der Waals surface area contributed by atoms with Gasteiger partial charge >= 0.3 is 12.1 Å². The molecular formula is C30H32F5NO3. The predicted octanol–water partition coefficient (Wildman–Crippen LogP) is 6.49. The van der Waals surface area contributed by atoms with Gasteiger partial charge in [-0.3, -0.25) is 9.59 Å². The number of hydrogen-bond acceptors (Lipinski definition) is 2. The topological polar surface area (TPSA) is 57.6 Å². The van der Waals surface area contributed by atoms with Crippen LogP contribution in [0.4, 0.5) is 22.0 Å². The fourth-order valence-corrected chi connectivity index (χ4v) is 7.07. The zero-order valence-electron chi connectivity index (χ0n) is 21.7. The number of halogens is 5. The summed E-state index contributed by atoms with van der Waals surface area (Å²) in [6.45, 7) is 0.998. The van der Waals surface area contributed by atoms with E-state index in [-0.39, 0.29) is 23.7 Å². The second-order valence-electron chi connectivity index (χ2n) is 11.6. The van der Waals surface area contributed by atoms with Gasteiger partial charge in [0.1, 0.15) is 5.82 Å². The molecule has 3 unspecified atom stereocenters. The summed E-state index contributed by atoms with van der Waals surface area (Å²) < 4.78 is 68.9. The molecule has 2 fully saturated rings. The summed E-state index contributed by atoms with van der Waals surface area (Å²) in [5, 5.41) is 9.32. The van der Waals surface area contributed by atoms with E-state index in [1.165, 1.54) is 24.3 Å². The Morgan fingerprint density at radius 3 is 2.23 bits per heavy atom. The standard InChI is InChI=1S/C30H32F5NO3/c1-28(32,30(33,34)35)22-9-12-24-21(16-22)8-13-25-29(24,17-18-2-10-23(31)11-3-18)14-15-36(25)26(37)19-4-6-20(7-5-19)27(38)39/h2-3,9-12,16,19-20,25H,4-8,13-15,17H2,1H3,(H,38,39). The van der Waals surface area contributed by atoms with Crippen molar-refractivity contribution in [3.05, 3.63) is 70.5 Å². The van der Waals surface area contributed by atoms with E-state index in [0.29, 0.717) is 70.4 Å². The maximum Gasteiger partial charge on any atom is 0.426 e. The number of carbonyl (C=O) groups excluding carboxylic acids is 1. The van der Waals surface area contributed by atoms with Crippen LogP contribution < -0.4 is 0 Å². The number of nitrogens with zero attached hydrogens (tertiary/aromatic N) is 1. The number of likely N-dealkylation sites (tertiary alicyclic amines) is 1. The summed E-state index contributed by atoms with van der Waals surface area (Å²) >= 11 is 0. The molecule has 3 aliphatic rings. The van der Waals surface area contributed by atoms with Gasteiger partial charge in [0, 0.05) is 23.9 Å². The quantitative estimate of drug-likeness (QED) is 0.434. The van der Waals surface area contributed by atoms with E-state index in [9.17, 15) is 36.6 Å². The van der Waals surface area contributed by atoms with Crippen molar-refractivity contribution in [3.63, 3.8) is 0 Å². The molecule has 2 aromatic rings. The fourth-order valence-electron chi connectivity index (χ4n) is 7.07. The van der Waals surface area contributed by atoms with Crippen LogP contribution in [-0.4, -0.2) is 40.6 Å². The van der Waals surface area contributed by atoms with E-state index in [4.69, 9.17) is 0 Å². The Morgan fingerprint density at radius 1 is 0.974 bits per heavy atom. The van der Waals surface area contributed by atoms with Crippen molar-refractivity contribution in [2.75, 3.05) is 6.54 Å². The van der Waals surface area contributed by atoms with Crippen molar-refractivity contribution >= 4 is 11.9 Å². The van der Waals surface area contributed by atoms with Gasteiger partial charge < -0.3 is 10.0 Å². The van der Waals surface area contributed by atoms with Gasteiger partial charge in [0.05, 0.1) is 5.92 Å². The molecule has 0 bridgehead atoms. The molecule has 39 heavy (non-hydrogen) atoms. The first kappa shape index (κ1) is 27.6. The molecule has 2 aromatic carbocycles. The van der Waals surface area contributed by atoms with Crippen LogP contribution in [0.1, 0.15) is 67.7 Å². The van der Waals surface area contributed by atoms with Crippen molar-refractivity contribution in [2.24, 2.45) is 11.8 Å². The van der Waals surface area contributed by atoms with Gasteiger partial charge in [0.15, 0.2) is 0 Å². The average molecular weight is 550 g/mol. The highest BCUT2D eigenvalue weighted by Crippen LogP contribution is 2.51. The molecule has 5 rings (SSSR count). The van der Waals surface area contributed by atoms with E-state index in [2.05, 4.69) is 0 Å². The second kappa shape index (κ2) is 9.89. The lowest BCUT2D eigenvalue weighted by Gasteiger charge is -2.45. The summed E-state index contributed by atoms with van der Waals surface area (Å²) in [4.78, 5) is 27.0. The SMILES string of the molecule is CC(F)(c1ccc2c(c1)CCC1N(C(=O)C3CCC(C(=O)O)CC3)CCC21Cc1ccc(F)cc1)C(F)(F)F. The van der Waals surface area contributed by atoms with E-state index < -0.39 is 34.7 Å². The predicted molar refractivity (Wildman–Crippen MR) is 134 cm³/mol. The first-order valence-electron chi connectivity index (χ1n) is 13.5. The van der Waals surface area contributed by atoms with Gasteiger partial charge in [-0.1, -0.05) is 30.3 Å². The van der Waals surface area contributed by atoms with Crippen LogP contribution in [0.5, 0.6) is 0 Å². The Hall–Kier alpha value is -2.97. The third-order valence-corrected chi connectivity index (χ3v) is 9.36. The van der Waals surface area contributed by atoms with Crippen LogP contribution in [-0.2, 0) is 33.5 Å². The number of hydrogen-bond donors (Lipinski definition) is 1. The van der Waals surface area contributed by atoms with Crippen molar-refractivity contribution in [1.82, 2.24) is 4.90 Å². The molecule has 0 radical (unpaired) electrons. The molecule has 0 aromatic heterocycles. The molecule has 0 spiro atoms. The molecule has 1 heterocycles. The monoisotopic (exact) mass is 549 g/mol. The van der Waals surface area contributed by atoms with Crippen molar-refractivity contribution in [2.45, 2.75) is 81.6 Å². The van der Waals surface area contributed by atoms with Crippen LogP contribution >= 0.6 is 0 Å². The Labute approximate surface area is 224 Å². The molecule has 2 aliphatic carbocycles. The molecule has 210 valence electrons. The molecule has 1 N–H and O–H groups in total. The van der Waals surface area contributed by atoms with Crippen LogP contribution in [0, 0.1) is 17.7 Å². The van der Waals surface area contributed by atoms with E-state index >= 15 is 0 Å². The van der Waals surface area contributed by atoms with Gasteiger partial charge in [-0.15, -0.1) is 0 Å². The minimum Gasteiger partial charge on any atom is -0.481 e. The van der Waals surface area contributed by atoms with Gasteiger partial charge in [-0.05, 0) is 92.7 Å². The van der Waals surface area contributed by atoms with Gasteiger partial charge in [-0.2, -0.15) is 13.2 Å². The summed E-state index contributed by atoms with van der Waals surface area (Å²) in [6.07, 6.45) is -1.16. The number of carbonyl (C=O) groups is 2. The molecule has 3 atom stereocenters. The normalized spacial score (nSPS) is 28.4. The summed E-state index contributed by atoms with van der Waals surface area (Å²) in [6, 6.07) is 10.0. The van der Waals surface area contributed by atoms with Gasteiger partial charge in [0.25, 0.3) is 0 Å². The smallest absolute Gasteiger partial charge is 0.426 e. The van der Waals surface area contributed by atoms with E-state index in [0.717, 1.165) is 11.1 Å². The van der Waals surface area contributed by atoms with Crippen LogP contribution in [0.2, 0.25) is 0 Å². The number of rotatable bonds is 5. The first-order valence-corrected chi connectivity index (χ1v) is 13.5. The van der Waals surface area contributed by atoms with Crippen molar-refractivity contribution < 1.29 is 36.6 Å². The van der Waals surface area contributed by atoms with Crippen LogP contribution in [0.3, 0.4) is 0 Å². The number of carboxylic acid groups (broad SMARTS) is 1. The number of aryl methyl sites for hydroxylation is 1. The highest BCUT2D eigenvalue weighted by Gasteiger charge is 2.56. The lowest BCUT2D eigenvalue weighted by molar-refractivity contribution is -0.228. The molecule has 1 amide bonds. The molecule has 1 aliphatic heterocycles. The molecule has 9 heteroatoms. The Bertz CT molecular complexity index is 1250. The van der Waals surface area contributed by atoms with E-state index in [1.807, 2.05) is 4.90 Å². The molecular weight excluding hydrogens is 517 g/mol. The Balaban J connectivity index is 1.49. The minimum absolute atomic E-state index is 0.00158. The van der Waals surface area contributed by atoms with E-state index in [1.54, 1.807) is 18.2 Å². The van der Waals surface area contributed by atoms with Crippen LogP contribution in [0.25, 0.3) is 0 Å². The third kappa shape index (κ3) is 4.82. The number of alkyl halides is 4. The number of amides is 1. The van der Waals surface area contributed by atoms with Crippen LogP contribution in [0.15, 0.2) is 42.5 Å². The van der Waals surface area contributed by atoms with Gasteiger partial charge in [-0.25, -0.2) is 8.78 Å². The fraction of sp³-hybridized carbons (Fsp3) is 0.533. The maximum atomic E-state index is 14.8. The number of fused-ring (bicyclic) bond motifs is 3. The highest BCUT2D eigenvalue weighted by molar-refractivity contribution is 5.80. The minimum atomic E-state index is -5.06. The number of carboxylic acids is 1. The number of benzene rings is 2. The Morgan fingerprint density at radius 2 is 1.62 bits per heavy atom. The first-order chi connectivity index (χ1) is 18.3. The summed E-state index contributed by atoms with van der Waals surface area (Å²) in [5.74, 6) is -1.91. The lowest BCUT2D eigenvalue weighted by atomic mass is 9.63. The molecule has 1 saturated heterocycles. The van der Waals surface area contributed by atoms with Gasteiger partial charge in [0.2, 0.25) is 11.6 Å². The zero-order chi connectivity index (χ0) is 28.2. The zero-order valence-corrected chi connectivity index (χ0v) is 21.7. The third-order valence-electron chi connectivity index (χ3n) is 9.36. The molecule has 1 saturated carbocycles. The lowest BCUT2D eigenvalue weighted by Crippen LogP contribution is -2.51. The second-order valence-corrected chi connectivity index (χ2v) is 11.6. The Kier molecular flexibility index (Phi) is 7.00. The summed E-state index contributed by atoms with van der Waals surface area (Å²) in [7, 11) is 0.